The number of aliphatic hydroxyl groups is 1. The molecule has 0 saturated heterocycles. The Balaban J connectivity index is 2.03. The number of unbranched alkanes of at least 4 members (excludes halogenated alkanes) is 1. The summed E-state index contributed by atoms with van der Waals surface area (Å²) in [4.78, 5) is 32.4. The Kier molecular flexibility index (Phi) is 13.0. The monoisotopic (exact) mass is 627 g/mol. The molecule has 3 aromatic rings. The molecule has 11 heteroatoms. The van der Waals surface area contributed by atoms with Crippen molar-refractivity contribution in [2.75, 3.05) is 6.54 Å². The van der Waals surface area contributed by atoms with Gasteiger partial charge in [-0.3, -0.25) is 9.69 Å². The van der Waals surface area contributed by atoms with Gasteiger partial charge in [0.15, 0.2) is 0 Å². The number of imidazole rings is 1. The fraction of sp³-hybridized carbons (Fsp3) is 0.500. The molecule has 246 valence electrons. The van der Waals surface area contributed by atoms with Crippen molar-refractivity contribution < 1.29 is 28.2 Å². The summed E-state index contributed by atoms with van der Waals surface area (Å²) in [5.41, 5.74) is 8.03. The molecular weight excluding hydrogens is 580 g/mol. The smallest absolute Gasteiger partial charge is 0.411 e. The van der Waals surface area contributed by atoms with Crippen LogP contribution < -0.4 is 11.1 Å². The van der Waals surface area contributed by atoms with E-state index < -0.39 is 47.4 Å². The van der Waals surface area contributed by atoms with Gasteiger partial charge in [-0.25, -0.2) is 18.6 Å². The number of aliphatic hydroxyl groups excluding tert-OH is 1. The number of nitrogens with two attached hydrogens (primary N) is 1. The van der Waals surface area contributed by atoms with Crippen LogP contribution in [0.2, 0.25) is 0 Å². The standard InChI is InChI=1S/C34H47F2N5O4/c1-6-8-12-40-22-39-20-28(40)18-30(32(37)43)41(33(44)45-34(3,4)5)29(16-25-14-26(35)17-27(36)15-25)31(42)21-38-19-24-11-9-10-23(7-2)13-24/h9-11,13-15,17,20,22,29-31,38,42H,6-8,12,16,18-19,21H2,1-5H3,(H2,37,43)/t29-,30-,31+/m0/s1. The number of nitrogens with zero attached hydrogens (tertiary/aromatic N) is 3. The third-order valence-corrected chi connectivity index (χ3v) is 7.47. The van der Waals surface area contributed by atoms with Gasteiger partial charge >= 0.3 is 6.09 Å². The Hall–Kier alpha value is -3.83. The van der Waals surface area contributed by atoms with Crippen LogP contribution >= 0.6 is 0 Å². The van der Waals surface area contributed by atoms with Crippen LogP contribution in [-0.4, -0.2) is 61.9 Å². The summed E-state index contributed by atoms with van der Waals surface area (Å²) < 4.78 is 36.2. The first kappa shape index (κ1) is 35.6. The van der Waals surface area contributed by atoms with E-state index in [-0.39, 0.29) is 24.9 Å². The van der Waals surface area contributed by atoms with Crippen molar-refractivity contribution in [1.29, 1.82) is 0 Å². The zero-order chi connectivity index (χ0) is 33.1. The number of ether oxygens (including phenoxy) is 1. The molecule has 2 amide bonds. The molecule has 1 aromatic heterocycles. The van der Waals surface area contributed by atoms with Gasteiger partial charge in [-0.2, -0.15) is 0 Å². The largest absolute Gasteiger partial charge is 0.444 e. The first-order chi connectivity index (χ1) is 21.3. The molecule has 9 nitrogen and oxygen atoms in total. The van der Waals surface area contributed by atoms with Crippen LogP contribution in [0.3, 0.4) is 0 Å². The van der Waals surface area contributed by atoms with E-state index >= 15 is 0 Å². The molecule has 0 bridgehead atoms. The van der Waals surface area contributed by atoms with Crippen LogP contribution in [0.15, 0.2) is 55.0 Å². The number of nitrogens with one attached hydrogen (secondary N) is 1. The fourth-order valence-electron chi connectivity index (χ4n) is 5.24. The van der Waals surface area contributed by atoms with Crippen molar-refractivity contribution in [3.05, 3.63) is 89.0 Å². The number of primary amides is 1. The second-order valence-electron chi connectivity index (χ2n) is 12.4. The van der Waals surface area contributed by atoms with Crippen molar-refractivity contribution in [2.45, 2.75) is 104 Å². The average molecular weight is 628 g/mol. The van der Waals surface area contributed by atoms with Gasteiger partial charge in [0.05, 0.1) is 18.5 Å². The van der Waals surface area contributed by atoms with Gasteiger partial charge < -0.3 is 25.5 Å². The van der Waals surface area contributed by atoms with Gasteiger partial charge in [0.2, 0.25) is 5.91 Å². The highest BCUT2D eigenvalue weighted by Gasteiger charge is 2.40. The summed E-state index contributed by atoms with van der Waals surface area (Å²) in [6, 6.07) is 8.61. The van der Waals surface area contributed by atoms with E-state index in [1.54, 1.807) is 33.3 Å². The molecule has 0 spiro atoms. The van der Waals surface area contributed by atoms with Gasteiger partial charge in [0.25, 0.3) is 0 Å². The molecule has 0 radical (unpaired) electrons. The summed E-state index contributed by atoms with van der Waals surface area (Å²) in [7, 11) is 0. The van der Waals surface area contributed by atoms with Crippen LogP contribution in [0.5, 0.6) is 0 Å². The molecule has 2 aromatic carbocycles. The third-order valence-electron chi connectivity index (χ3n) is 7.47. The highest BCUT2D eigenvalue weighted by Crippen LogP contribution is 2.24. The van der Waals surface area contributed by atoms with Crippen molar-refractivity contribution in [3.8, 4) is 0 Å². The van der Waals surface area contributed by atoms with Crippen LogP contribution in [0.1, 0.15) is 69.8 Å². The Bertz CT molecular complexity index is 1390. The number of halogens is 2. The fourth-order valence-corrected chi connectivity index (χ4v) is 5.24. The van der Waals surface area contributed by atoms with Crippen LogP contribution in [0, 0.1) is 11.6 Å². The van der Waals surface area contributed by atoms with Gasteiger partial charge in [-0.05, 0) is 68.9 Å². The Morgan fingerprint density at radius 1 is 1.07 bits per heavy atom. The summed E-state index contributed by atoms with van der Waals surface area (Å²) in [6.45, 7) is 10.2. The molecule has 0 unspecified atom stereocenters. The number of hydrogen-bond donors (Lipinski definition) is 3. The minimum absolute atomic E-state index is 0.00195. The molecular formula is C34H47F2N5O4. The zero-order valence-electron chi connectivity index (χ0n) is 26.9. The number of benzene rings is 2. The van der Waals surface area contributed by atoms with E-state index in [2.05, 4.69) is 30.2 Å². The molecule has 45 heavy (non-hydrogen) atoms. The molecule has 0 aliphatic heterocycles. The second kappa shape index (κ2) is 16.5. The van der Waals surface area contributed by atoms with E-state index in [0.717, 1.165) is 47.9 Å². The van der Waals surface area contributed by atoms with Gasteiger partial charge in [-0.1, -0.05) is 44.5 Å². The molecule has 0 fully saturated rings. The van der Waals surface area contributed by atoms with Gasteiger partial charge in [0.1, 0.15) is 23.3 Å². The van der Waals surface area contributed by atoms with Gasteiger partial charge in [0, 0.05) is 44.0 Å². The van der Waals surface area contributed by atoms with Crippen molar-refractivity contribution in [3.63, 3.8) is 0 Å². The lowest BCUT2D eigenvalue weighted by molar-refractivity contribution is -0.125. The summed E-state index contributed by atoms with van der Waals surface area (Å²) >= 11 is 0. The van der Waals surface area contributed by atoms with Crippen molar-refractivity contribution >= 4 is 12.0 Å². The molecule has 1 heterocycles. The van der Waals surface area contributed by atoms with Crippen LogP contribution in [-0.2, 0) is 41.9 Å². The highest BCUT2D eigenvalue weighted by atomic mass is 19.1. The molecule has 0 aliphatic rings. The summed E-state index contributed by atoms with van der Waals surface area (Å²) in [6.07, 6.45) is 3.59. The van der Waals surface area contributed by atoms with Crippen LogP contribution in [0.25, 0.3) is 0 Å². The first-order valence-corrected chi connectivity index (χ1v) is 15.5. The van der Waals surface area contributed by atoms with Crippen molar-refractivity contribution in [2.24, 2.45) is 5.73 Å². The minimum Gasteiger partial charge on any atom is -0.444 e. The summed E-state index contributed by atoms with van der Waals surface area (Å²) in [5, 5.41) is 14.9. The quantitative estimate of drug-likeness (QED) is 0.207. The van der Waals surface area contributed by atoms with E-state index in [4.69, 9.17) is 10.5 Å². The number of rotatable bonds is 16. The lowest BCUT2D eigenvalue weighted by Gasteiger charge is -2.40. The van der Waals surface area contributed by atoms with E-state index in [1.807, 2.05) is 22.8 Å². The van der Waals surface area contributed by atoms with Crippen LogP contribution in [0.4, 0.5) is 13.6 Å². The average Bonchev–Trinajstić information content (AvgIpc) is 3.40. The number of carbonyl (C=O) groups is 2. The predicted octanol–water partition coefficient (Wildman–Crippen LogP) is 4.92. The molecule has 3 atom stereocenters. The van der Waals surface area contributed by atoms with Gasteiger partial charge in [-0.15, -0.1) is 0 Å². The zero-order valence-corrected chi connectivity index (χ0v) is 26.9. The van der Waals surface area contributed by atoms with E-state index in [9.17, 15) is 23.5 Å². The van der Waals surface area contributed by atoms with E-state index in [0.29, 0.717) is 18.8 Å². The number of carbonyl (C=O) groups excluding carboxylic acids is 2. The number of aryl methyl sites for hydroxylation is 2. The number of hydrogen-bond acceptors (Lipinski definition) is 6. The number of amides is 2. The normalized spacial score (nSPS) is 13.7. The molecule has 0 aliphatic carbocycles. The third kappa shape index (κ3) is 10.9. The first-order valence-electron chi connectivity index (χ1n) is 15.5. The Morgan fingerprint density at radius 2 is 1.76 bits per heavy atom. The predicted molar refractivity (Wildman–Crippen MR) is 169 cm³/mol. The maximum atomic E-state index is 14.3. The topological polar surface area (TPSA) is 123 Å². The maximum Gasteiger partial charge on any atom is 0.411 e. The SMILES string of the molecule is CCCCn1cncc1C[C@@H](C(N)=O)N(C(=O)OC(C)(C)C)[C@@H](Cc1cc(F)cc(F)c1)[C@H](O)CNCc1cccc(CC)c1. The van der Waals surface area contributed by atoms with E-state index in [1.165, 1.54) is 5.56 Å². The number of aromatic nitrogens is 2. The highest BCUT2D eigenvalue weighted by molar-refractivity contribution is 5.85. The molecule has 3 rings (SSSR count). The molecule has 4 N–H and O–H groups in total. The molecule has 0 saturated carbocycles. The minimum atomic E-state index is -1.29. The van der Waals surface area contributed by atoms with Crippen molar-refractivity contribution in [1.82, 2.24) is 19.8 Å². The lowest BCUT2D eigenvalue weighted by atomic mass is 9.96. The summed E-state index contributed by atoms with van der Waals surface area (Å²) in [5.74, 6) is -2.43. The Labute approximate surface area is 264 Å². The second-order valence-corrected chi connectivity index (χ2v) is 12.4. The lowest BCUT2D eigenvalue weighted by Crippen LogP contribution is -2.60. The Morgan fingerprint density at radius 3 is 2.38 bits per heavy atom. The maximum absolute atomic E-state index is 14.3.